The number of hydrogen-bond acceptors (Lipinski definition) is 4. The molecule has 0 bridgehead atoms. The molecule has 3 nitrogen and oxygen atoms in total. The van der Waals surface area contributed by atoms with E-state index in [1.807, 2.05) is 7.05 Å². The van der Waals surface area contributed by atoms with Gasteiger partial charge in [0.25, 0.3) is 0 Å². The summed E-state index contributed by atoms with van der Waals surface area (Å²) in [5.41, 5.74) is 1.26. The summed E-state index contributed by atoms with van der Waals surface area (Å²) in [5, 5.41) is 6.60. The fraction of sp³-hybridized carbons (Fsp3) is 0.786. The van der Waals surface area contributed by atoms with Gasteiger partial charge in [0.15, 0.2) is 0 Å². The van der Waals surface area contributed by atoms with Gasteiger partial charge in [0.2, 0.25) is 0 Å². The number of thiazole rings is 1. The van der Waals surface area contributed by atoms with Crippen LogP contribution in [0.3, 0.4) is 0 Å². The second-order valence-electron chi connectivity index (χ2n) is 5.14. The highest BCUT2D eigenvalue weighted by Gasteiger charge is 2.20. The molecule has 1 atom stereocenters. The number of hydrogen-bond donors (Lipinski definition) is 1. The van der Waals surface area contributed by atoms with E-state index >= 15 is 0 Å². The Morgan fingerprint density at radius 2 is 2.33 bits per heavy atom. The Morgan fingerprint density at radius 3 is 3.11 bits per heavy atom. The zero-order chi connectivity index (χ0) is 12.8. The molecule has 1 aliphatic heterocycles. The highest BCUT2D eigenvalue weighted by atomic mass is 32.1. The van der Waals surface area contributed by atoms with Gasteiger partial charge in [0.05, 0.1) is 5.69 Å². The van der Waals surface area contributed by atoms with Gasteiger partial charge in [0, 0.05) is 24.5 Å². The first-order valence-corrected chi connectivity index (χ1v) is 8.03. The van der Waals surface area contributed by atoms with Crippen LogP contribution in [0.25, 0.3) is 0 Å². The first kappa shape index (κ1) is 14.0. The lowest BCUT2D eigenvalue weighted by Gasteiger charge is -2.28. The minimum Gasteiger partial charge on any atom is -0.314 e. The van der Waals surface area contributed by atoms with Crippen LogP contribution in [0.1, 0.15) is 49.7 Å². The second-order valence-corrected chi connectivity index (χ2v) is 6.09. The van der Waals surface area contributed by atoms with Crippen molar-refractivity contribution in [3.05, 3.63) is 16.1 Å². The second kappa shape index (κ2) is 7.22. The zero-order valence-corrected chi connectivity index (χ0v) is 12.4. The van der Waals surface area contributed by atoms with Crippen LogP contribution in [-0.2, 0) is 13.1 Å². The van der Waals surface area contributed by atoms with E-state index in [2.05, 4.69) is 22.5 Å². The molecule has 18 heavy (non-hydrogen) atoms. The van der Waals surface area contributed by atoms with Crippen LogP contribution < -0.4 is 5.32 Å². The van der Waals surface area contributed by atoms with E-state index in [0.29, 0.717) is 0 Å². The quantitative estimate of drug-likeness (QED) is 0.889. The van der Waals surface area contributed by atoms with Crippen molar-refractivity contribution in [2.24, 2.45) is 0 Å². The van der Waals surface area contributed by atoms with Gasteiger partial charge in [-0.25, -0.2) is 4.98 Å². The van der Waals surface area contributed by atoms with Gasteiger partial charge in [0.1, 0.15) is 5.01 Å². The smallest absolute Gasteiger partial charge is 0.107 e. The van der Waals surface area contributed by atoms with E-state index in [1.165, 1.54) is 49.4 Å². The molecule has 2 rings (SSSR count). The molecule has 1 aromatic rings. The Labute approximate surface area is 115 Å². The van der Waals surface area contributed by atoms with Crippen LogP contribution >= 0.6 is 11.3 Å². The highest BCUT2D eigenvalue weighted by molar-refractivity contribution is 7.09. The lowest BCUT2D eigenvalue weighted by atomic mass is 10.1. The Bertz CT molecular complexity index is 351. The normalized spacial score (nSPS) is 22.0. The van der Waals surface area contributed by atoms with Crippen LogP contribution in [0.15, 0.2) is 5.38 Å². The third-order valence-electron chi connectivity index (χ3n) is 3.76. The average molecular weight is 267 g/mol. The summed E-state index contributed by atoms with van der Waals surface area (Å²) in [5.74, 6) is 0. The van der Waals surface area contributed by atoms with E-state index in [1.54, 1.807) is 11.3 Å². The fourth-order valence-electron chi connectivity index (χ4n) is 2.77. The predicted molar refractivity (Wildman–Crippen MR) is 77.8 cm³/mol. The molecule has 0 aliphatic carbocycles. The van der Waals surface area contributed by atoms with Gasteiger partial charge in [-0.3, -0.25) is 4.90 Å². The van der Waals surface area contributed by atoms with Crippen molar-refractivity contribution < 1.29 is 0 Å². The molecule has 1 aliphatic rings. The van der Waals surface area contributed by atoms with E-state index < -0.39 is 0 Å². The van der Waals surface area contributed by atoms with Gasteiger partial charge in [-0.1, -0.05) is 19.8 Å². The maximum Gasteiger partial charge on any atom is 0.107 e. The first-order chi connectivity index (χ1) is 8.83. The van der Waals surface area contributed by atoms with Gasteiger partial charge >= 0.3 is 0 Å². The van der Waals surface area contributed by atoms with Crippen molar-refractivity contribution >= 4 is 11.3 Å². The zero-order valence-electron chi connectivity index (χ0n) is 11.6. The van der Waals surface area contributed by atoms with Crippen molar-refractivity contribution in [1.82, 2.24) is 15.2 Å². The fourth-order valence-corrected chi connectivity index (χ4v) is 3.57. The summed E-state index contributed by atoms with van der Waals surface area (Å²) >= 11 is 1.78. The number of nitrogens with one attached hydrogen (secondary N) is 1. The van der Waals surface area contributed by atoms with Crippen molar-refractivity contribution in [2.75, 3.05) is 13.6 Å². The van der Waals surface area contributed by atoms with Gasteiger partial charge < -0.3 is 5.32 Å². The van der Waals surface area contributed by atoms with Crippen LogP contribution in [0.5, 0.6) is 0 Å². The van der Waals surface area contributed by atoms with Crippen molar-refractivity contribution in [3.63, 3.8) is 0 Å². The van der Waals surface area contributed by atoms with Gasteiger partial charge in [-0.05, 0) is 32.9 Å². The Hall–Kier alpha value is -0.450. The van der Waals surface area contributed by atoms with Crippen LogP contribution in [0.2, 0.25) is 0 Å². The minimum atomic E-state index is 0.766. The third-order valence-corrected chi connectivity index (χ3v) is 4.66. The van der Waals surface area contributed by atoms with Crippen LogP contribution in [0.4, 0.5) is 0 Å². The molecule has 1 aromatic heterocycles. The van der Waals surface area contributed by atoms with Gasteiger partial charge in [-0.2, -0.15) is 0 Å². The molecule has 0 radical (unpaired) electrons. The Morgan fingerprint density at radius 1 is 1.44 bits per heavy atom. The molecular weight excluding hydrogens is 242 g/mol. The predicted octanol–water partition coefficient (Wildman–Crippen LogP) is 3.02. The summed E-state index contributed by atoms with van der Waals surface area (Å²) < 4.78 is 0. The molecule has 0 aromatic carbocycles. The molecule has 0 saturated carbocycles. The van der Waals surface area contributed by atoms with Crippen molar-refractivity contribution in [2.45, 2.75) is 58.2 Å². The third kappa shape index (κ3) is 3.77. The molecule has 1 saturated heterocycles. The summed E-state index contributed by atoms with van der Waals surface area (Å²) in [6, 6.07) is 0.766. The van der Waals surface area contributed by atoms with Crippen molar-refractivity contribution in [3.8, 4) is 0 Å². The van der Waals surface area contributed by atoms with E-state index in [-0.39, 0.29) is 0 Å². The standard InChI is InChI=1S/C14H25N3S/c1-3-13-7-5-4-6-8-17(13)10-12-11-18-14(16-12)9-15-2/h11,13,15H,3-10H2,1-2H3. The largest absolute Gasteiger partial charge is 0.314 e. The molecule has 1 N–H and O–H groups in total. The molecule has 1 unspecified atom stereocenters. The lowest BCUT2D eigenvalue weighted by Crippen LogP contribution is -2.33. The molecule has 0 spiro atoms. The number of rotatable bonds is 5. The summed E-state index contributed by atoms with van der Waals surface area (Å²) in [7, 11) is 1.98. The highest BCUT2D eigenvalue weighted by Crippen LogP contribution is 2.22. The molecule has 4 heteroatoms. The first-order valence-electron chi connectivity index (χ1n) is 7.15. The maximum absolute atomic E-state index is 4.71. The van der Waals surface area contributed by atoms with Crippen LogP contribution in [0, 0.1) is 0 Å². The molecule has 1 fully saturated rings. The van der Waals surface area contributed by atoms with E-state index in [0.717, 1.165) is 19.1 Å². The Balaban J connectivity index is 1.96. The van der Waals surface area contributed by atoms with Crippen LogP contribution in [-0.4, -0.2) is 29.5 Å². The summed E-state index contributed by atoms with van der Waals surface area (Å²) in [4.78, 5) is 7.35. The Kier molecular flexibility index (Phi) is 5.60. The maximum atomic E-state index is 4.71. The lowest BCUT2D eigenvalue weighted by molar-refractivity contribution is 0.184. The SMILES string of the molecule is CCC1CCCCCN1Cc1csc(CNC)n1. The number of likely N-dealkylation sites (tertiary alicyclic amines) is 1. The summed E-state index contributed by atoms with van der Waals surface area (Å²) in [6.07, 6.45) is 6.79. The van der Waals surface area contributed by atoms with E-state index in [4.69, 9.17) is 4.98 Å². The molecular formula is C14H25N3S. The van der Waals surface area contributed by atoms with E-state index in [9.17, 15) is 0 Å². The monoisotopic (exact) mass is 267 g/mol. The minimum absolute atomic E-state index is 0.766. The van der Waals surface area contributed by atoms with Crippen molar-refractivity contribution in [1.29, 1.82) is 0 Å². The molecule has 102 valence electrons. The molecule has 0 amide bonds. The molecule has 2 heterocycles. The number of nitrogens with zero attached hydrogens (tertiary/aromatic N) is 2. The van der Waals surface area contributed by atoms with Gasteiger partial charge in [-0.15, -0.1) is 11.3 Å². The summed E-state index contributed by atoms with van der Waals surface area (Å²) in [6.45, 7) is 5.49. The number of aromatic nitrogens is 1. The topological polar surface area (TPSA) is 28.2 Å². The average Bonchev–Trinajstić information content (AvgIpc) is 2.69.